The van der Waals surface area contributed by atoms with Gasteiger partial charge in [-0.15, -0.1) is 10.2 Å². The lowest BCUT2D eigenvalue weighted by atomic mass is 10.2. The van der Waals surface area contributed by atoms with Crippen LogP contribution in [0, 0.1) is 0 Å². The van der Waals surface area contributed by atoms with Gasteiger partial charge in [0.2, 0.25) is 11.1 Å². The van der Waals surface area contributed by atoms with Gasteiger partial charge in [-0.1, -0.05) is 41.6 Å². The van der Waals surface area contributed by atoms with Gasteiger partial charge in [-0.05, 0) is 19.1 Å². The summed E-state index contributed by atoms with van der Waals surface area (Å²) in [4.78, 5) is 17.1. The Morgan fingerprint density at radius 1 is 1.16 bits per heavy atom. The SMILES string of the molecule is CCn1c2ccccc2c2nnc(SCC(=O)Nc3cc(Cl)c(OC)cc3OC)nc21. The summed E-state index contributed by atoms with van der Waals surface area (Å²) in [5, 5.41) is 13.2. The molecule has 0 aliphatic rings. The summed E-state index contributed by atoms with van der Waals surface area (Å²) in [5.41, 5.74) is 3.03. The molecule has 0 aliphatic heterocycles. The zero-order valence-corrected chi connectivity index (χ0v) is 18.8. The predicted molar refractivity (Wildman–Crippen MR) is 122 cm³/mol. The normalized spacial score (nSPS) is 11.1. The molecule has 2 aromatic carbocycles. The Hall–Kier alpha value is -3.04. The number of anilines is 1. The zero-order chi connectivity index (χ0) is 22.0. The number of halogens is 1. The van der Waals surface area contributed by atoms with Crippen LogP contribution in [0.5, 0.6) is 11.5 Å². The highest BCUT2D eigenvalue weighted by atomic mass is 35.5. The van der Waals surface area contributed by atoms with Gasteiger partial charge in [-0.2, -0.15) is 0 Å². The first kappa shape index (κ1) is 21.2. The van der Waals surface area contributed by atoms with E-state index in [2.05, 4.69) is 32.0 Å². The van der Waals surface area contributed by atoms with E-state index in [1.165, 1.54) is 26.0 Å². The van der Waals surface area contributed by atoms with E-state index >= 15 is 0 Å². The number of amides is 1. The molecule has 0 radical (unpaired) electrons. The Morgan fingerprint density at radius 2 is 1.94 bits per heavy atom. The largest absolute Gasteiger partial charge is 0.495 e. The van der Waals surface area contributed by atoms with E-state index in [4.69, 9.17) is 21.1 Å². The van der Waals surface area contributed by atoms with E-state index in [1.54, 1.807) is 12.1 Å². The van der Waals surface area contributed by atoms with Crippen LogP contribution in [0.25, 0.3) is 22.1 Å². The number of aromatic nitrogens is 4. The molecule has 10 heteroatoms. The first-order valence-corrected chi connectivity index (χ1v) is 10.9. The number of rotatable bonds is 7. The van der Waals surface area contributed by atoms with Crippen molar-refractivity contribution in [3.63, 3.8) is 0 Å². The van der Waals surface area contributed by atoms with Crippen LogP contribution in [0.15, 0.2) is 41.6 Å². The fourth-order valence-electron chi connectivity index (χ4n) is 3.34. The van der Waals surface area contributed by atoms with E-state index in [9.17, 15) is 4.79 Å². The van der Waals surface area contributed by atoms with Crippen molar-refractivity contribution in [2.24, 2.45) is 0 Å². The van der Waals surface area contributed by atoms with Gasteiger partial charge in [0.05, 0.1) is 36.2 Å². The van der Waals surface area contributed by atoms with Crippen molar-refractivity contribution in [2.75, 3.05) is 25.3 Å². The van der Waals surface area contributed by atoms with E-state index < -0.39 is 0 Å². The third-order valence-electron chi connectivity index (χ3n) is 4.75. The number of nitrogens with zero attached hydrogens (tertiary/aromatic N) is 4. The van der Waals surface area contributed by atoms with E-state index in [0.29, 0.717) is 27.4 Å². The second kappa shape index (κ2) is 8.99. The average molecular weight is 458 g/mol. The number of para-hydroxylation sites is 1. The maximum Gasteiger partial charge on any atom is 0.234 e. The third-order valence-corrected chi connectivity index (χ3v) is 5.88. The van der Waals surface area contributed by atoms with Gasteiger partial charge in [0.25, 0.3) is 0 Å². The molecule has 1 amide bonds. The maximum absolute atomic E-state index is 12.5. The molecule has 160 valence electrons. The lowest BCUT2D eigenvalue weighted by Crippen LogP contribution is -2.15. The fraction of sp³-hybridized carbons (Fsp3) is 0.238. The van der Waals surface area contributed by atoms with E-state index in [0.717, 1.165) is 28.6 Å². The summed E-state index contributed by atoms with van der Waals surface area (Å²) >= 11 is 7.37. The molecule has 0 aliphatic carbocycles. The summed E-state index contributed by atoms with van der Waals surface area (Å²) < 4.78 is 12.6. The Bertz CT molecular complexity index is 1280. The molecule has 0 saturated heterocycles. The number of thioether (sulfide) groups is 1. The van der Waals surface area contributed by atoms with Crippen molar-refractivity contribution in [1.29, 1.82) is 0 Å². The predicted octanol–water partition coefficient (Wildman–Crippen LogP) is 4.40. The van der Waals surface area contributed by atoms with E-state index in [-0.39, 0.29) is 11.7 Å². The van der Waals surface area contributed by atoms with E-state index in [1.807, 2.05) is 24.3 Å². The van der Waals surface area contributed by atoms with Gasteiger partial charge in [-0.3, -0.25) is 4.79 Å². The number of methoxy groups -OCH3 is 2. The Labute approximate surface area is 187 Å². The molecule has 1 N–H and O–H groups in total. The highest BCUT2D eigenvalue weighted by Crippen LogP contribution is 2.36. The number of carbonyl (C=O) groups excluding carboxylic acids is 1. The van der Waals surface area contributed by atoms with Crippen LogP contribution in [-0.4, -0.2) is 45.6 Å². The quantitative estimate of drug-likeness (QED) is 0.411. The highest BCUT2D eigenvalue weighted by Gasteiger charge is 2.16. The fourth-order valence-corrected chi connectivity index (χ4v) is 4.17. The minimum atomic E-state index is -0.246. The number of fused-ring (bicyclic) bond motifs is 3. The Morgan fingerprint density at radius 3 is 2.68 bits per heavy atom. The first-order chi connectivity index (χ1) is 15.0. The van der Waals surface area contributed by atoms with Crippen molar-refractivity contribution in [3.8, 4) is 11.5 Å². The Kier molecular flexibility index (Phi) is 6.15. The number of carbonyl (C=O) groups is 1. The maximum atomic E-state index is 12.5. The summed E-state index contributed by atoms with van der Waals surface area (Å²) in [7, 11) is 3.02. The van der Waals surface area contributed by atoms with Crippen molar-refractivity contribution >= 4 is 57.0 Å². The molecule has 31 heavy (non-hydrogen) atoms. The van der Waals surface area contributed by atoms with Crippen LogP contribution in [0.2, 0.25) is 5.02 Å². The standard InChI is InChI=1S/C21H20ClN5O3S/c1-4-27-15-8-6-5-7-12(15)19-20(27)24-21(26-25-19)31-11-18(28)23-14-9-13(22)16(29-2)10-17(14)30-3/h5-10H,4,11H2,1-3H3,(H,23,28). The second-order valence-corrected chi connectivity index (χ2v) is 7.90. The molecule has 0 bridgehead atoms. The molecule has 0 atom stereocenters. The number of hydrogen-bond donors (Lipinski definition) is 1. The lowest BCUT2D eigenvalue weighted by Gasteiger charge is -2.12. The molecule has 2 aromatic heterocycles. The van der Waals surface area contributed by atoms with Gasteiger partial charge < -0.3 is 19.4 Å². The molecule has 2 heterocycles. The van der Waals surface area contributed by atoms with Crippen LogP contribution in [0.4, 0.5) is 5.69 Å². The monoisotopic (exact) mass is 457 g/mol. The van der Waals surface area contributed by atoms with Crippen molar-refractivity contribution in [1.82, 2.24) is 19.7 Å². The number of ether oxygens (including phenoxy) is 2. The van der Waals surface area contributed by atoms with Crippen LogP contribution in [0.3, 0.4) is 0 Å². The number of aryl methyl sites for hydroxylation is 1. The van der Waals surface area contributed by atoms with Gasteiger partial charge in [0.15, 0.2) is 5.65 Å². The van der Waals surface area contributed by atoms with Gasteiger partial charge in [-0.25, -0.2) is 4.98 Å². The van der Waals surface area contributed by atoms with Crippen LogP contribution in [0.1, 0.15) is 6.92 Å². The molecule has 4 aromatic rings. The summed E-state index contributed by atoms with van der Waals surface area (Å²) in [6.45, 7) is 2.81. The summed E-state index contributed by atoms with van der Waals surface area (Å²) in [6, 6.07) is 11.2. The molecule has 4 rings (SSSR count). The van der Waals surface area contributed by atoms with Crippen LogP contribution >= 0.6 is 23.4 Å². The molecule has 0 unspecified atom stereocenters. The number of nitrogens with one attached hydrogen (secondary N) is 1. The minimum absolute atomic E-state index is 0.104. The Balaban J connectivity index is 1.52. The van der Waals surface area contributed by atoms with Crippen molar-refractivity contribution in [3.05, 3.63) is 41.4 Å². The zero-order valence-electron chi connectivity index (χ0n) is 17.2. The first-order valence-electron chi connectivity index (χ1n) is 9.51. The van der Waals surface area contributed by atoms with Crippen LogP contribution < -0.4 is 14.8 Å². The van der Waals surface area contributed by atoms with Crippen molar-refractivity contribution < 1.29 is 14.3 Å². The molecule has 0 saturated carbocycles. The topological polar surface area (TPSA) is 91.2 Å². The van der Waals surface area contributed by atoms with Crippen molar-refractivity contribution in [2.45, 2.75) is 18.6 Å². The van der Waals surface area contributed by atoms with Gasteiger partial charge >= 0.3 is 0 Å². The summed E-state index contributed by atoms with van der Waals surface area (Å²) in [5.74, 6) is 0.771. The third kappa shape index (κ3) is 4.11. The minimum Gasteiger partial charge on any atom is -0.495 e. The molecular formula is C21H20ClN5O3S. The lowest BCUT2D eigenvalue weighted by molar-refractivity contribution is -0.113. The smallest absolute Gasteiger partial charge is 0.234 e. The number of hydrogen-bond acceptors (Lipinski definition) is 7. The second-order valence-electron chi connectivity index (χ2n) is 6.55. The molecular weight excluding hydrogens is 438 g/mol. The summed E-state index contributed by atoms with van der Waals surface area (Å²) in [6.07, 6.45) is 0. The molecule has 8 nitrogen and oxygen atoms in total. The van der Waals surface area contributed by atoms with Gasteiger partial charge in [0, 0.05) is 18.0 Å². The molecule has 0 fully saturated rings. The van der Waals surface area contributed by atoms with Gasteiger partial charge in [0.1, 0.15) is 17.0 Å². The highest BCUT2D eigenvalue weighted by molar-refractivity contribution is 7.99. The molecule has 0 spiro atoms. The van der Waals surface area contributed by atoms with Crippen LogP contribution in [-0.2, 0) is 11.3 Å². The number of benzene rings is 2. The average Bonchev–Trinajstić information content (AvgIpc) is 3.10.